The molecule has 0 unspecified atom stereocenters. The van der Waals surface area contributed by atoms with E-state index >= 15 is 0 Å². The van der Waals surface area contributed by atoms with Crippen molar-refractivity contribution in [1.82, 2.24) is 25.5 Å². The van der Waals surface area contributed by atoms with Crippen molar-refractivity contribution in [2.75, 3.05) is 43.1 Å². The molecule has 6 rings (SSSR count). The number of benzene rings is 2. The van der Waals surface area contributed by atoms with E-state index in [1.54, 1.807) is 12.1 Å². The van der Waals surface area contributed by atoms with Crippen LogP contribution in [0.15, 0.2) is 60.8 Å². The highest BCUT2D eigenvalue weighted by Crippen LogP contribution is 2.32. The molecule has 4 aromatic rings. The van der Waals surface area contributed by atoms with Gasteiger partial charge in [0.25, 0.3) is 0 Å². The topological polar surface area (TPSA) is 151 Å². The van der Waals surface area contributed by atoms with E-state index in [0.717, 1.165) is 72.4 Å². The van der Waals surface area contributed by atoms with E-state index in [1.165, 1.54) is 0 Å². The first-order valence-electron chi connectivity index (χ1n) is 18.8. The lowest BCUT2D eigenvalue weighted by atomic mass is 9.77. The number of carbonyl (C=O) groups is 3. The van der Waals surface area contributed by atoms with Gasteiger partial charge in [0, 0.05) is 60.9 Å². The normalized spacial score (nSPS) is 18.1. The lowest BCUT2D eigenvalue weighted by molar-refractivity contribution is -0.129. The van der Waals surface area contributed by atoms with Gasteiger partial charge in [-0.1, -0.05) is 24.3 Å². The number of halogens is 1. The molecule has 1 aliphatic heterocycles. The number of hydrogen-bond donors (Lipinski definition) is 3. The average molecular weight is 756 g/mol. The van der Waals surface area contributed by atoms with E-state index in [9.17, 15) is 14.4 Å². The molecular weight excluding hydrogens is 706 g/mol. The number of nitrogens with one attached hydrogen (secondary N) is 3. The predicted molar refractivity (Wildman–Crippen MR) is 209 cm³/mol. The van der Waals surface area contributed by atoms with Crippen molar-refractivity contribution >= 4 is 40.9 Å². The summed E-state index contributed by atoms with van der Waals surface area (Å²) in [6.45, 7) is 11.1. The van der Waals surface area contributed by atoms with E-state index in [2.05, 4.69) is 55.8 Å². The highest BCUT2D eigenvalue weighted by Gasteiger charge is 2.31. The molecule has 1 saturated heterocycles. The number of aromatic nitrogens is 4. The number of amides is 2. The summed E-state index contributed by atoms with van der Waals surface area (Å²) in [6, 6.07) is 17.5. The van der Waals surface area contributed by atoms with Crippen LogP contribution >= 0.6 is 11.6 Å². The quantitative estimate of drug-likeness (QED) is 0.134. The van der Waals surface area contributed by atoms with Crippen LogP contribution in [0.2, 0.25) is 5.28 Å². The SMILES string of the molecule is Cc1cc(N2CCOCC2)ncc1-c1cccc(C[C@H](CC(=O)C2CCC(CNC(=O)OC(C)(C)C)CC2)C(=O)Nc2ccc(-c3n[nH]c(Cl)n3)cc2)c1. The van der Waals surface area contributed by atoms with Crippen LogP contribution in [-0.4, -0.2) is 76.4 Å². The molecule has 2 fully saturated rings. The minimum Gasteiger partial charge on any atom is -0.444 e. The Morgan fingerprint density at radius 2 is 1.76 bits per heavy atom. The summed E-state index contributed by atoms with van der Waals surface area (Å²) < 4.78 is 10.9. The number of ketones is 1. The molecule has 2 amide bonds. The van der Waals surface area contributed by atoms with Gasteiger partial charge in [0.2, 0.25) is 11.2 Å². The average Bonchev–Trinajstić information content (AvgIpc) is 3.60. The maximum Gasteiger partial charge on any atom is 0.407 e. The molecule has 2 aromatic heterocycles. The number of pyridine rings is 1. The molecule has 1 aliphatic carbocycles. The molecule has 286 valence electrons. The maximum atomic E-state index is 14.0. The number of aromatic amines is 1. The number of hydrogen-bond acceptors (Lipinski definition) is 9. The van der Waals surface area contributed by atoms with Crippen molar-refractivity contribution < 1.29 is 23.9 Å². The van der Waals surface area contributed by atoms with Gasteiger partial charge in [0.15, 0.2) is 5.82 Å². The minimum absolute atomic E-state index is 0.0976. The summed E-state index contributed by atoms with van der Waals surface area (Å²) in [5.41, 5.74) is 4.91. The first kappa shape index (κ1) is 38.9. The minimum atomic E-state index is -0.589. The highest BCUT2D eigenvalue weighted by molar-refractivity contribution is 6.28. The zero-order valence-corrected chi connectivity index (χ0v) is 32.2. The summed E-state index contributed by atoms with van der Waals surface area (Å²) in [5.74, 6) is 0.838. The van der Waals surface area contributed by atoms with Crippen LogP contribution in [0, 0.1) is 24.7 Å². The Morgan fingerprint density at radius 3 is 2.43 bits per heavy atom. The molecule has 3 heterocycles. The zero-order chi connectivity index (χ0) is 38.2. The number of morpholine rings is 1. The largest absolute Gasteiger partial charge is 0.444 e. The molecule has 12 nitrogen and oxygen atoms in total. The van der Waals surface area contributed by atoms with Gasteiger partial charge in [-0.2, -0.15) is 10.1 Å². The Kier molecular flexibility index (Phi) is 12.6. The van der Waals surface area contributed by atoms with Crippen molar-refractivity contribution in [1.29, 1.82) is 0 Å². The molecule has 2 aliphatic rings. The van der Waals surface area contributed by atoms with Gasteiger partial charge in [0.05, 0.1) is 13.2 Å². The van der Waals surface area contributed by atoms with E-state index in [-0.39, 0.29) is 35.2 Å². The molecule has 1 atom stereocenters. The van der Waals surface area contributed by atoms with E-state index in [0.29, 0.717) is 37.7 Å². The van der Waals surface area contributed by atoms with Gasteiger partial charge in [-0.15, -0.1) is 0 Å². The molecule has 0 bridgehead atoms. The fraction of sp³-hybridized carbons (Fsp3) is 0.463. The molecule has 0 spiro atoms. The van der Waals surface area contributed by atoms with Gasteiger partial charge < -0.3 is 25.0 Å². The number of nitrogens with zero attached hydrogens (tertiary/aromatic N) is 4. The summed E-state index contributed by atoms with van der Waals surface area (Å²) in [7, 11) is 0. The fourth-order valence-electron chi connectivity index (χ4n) is 7.17. The van der Waals surface area contributed by atoms with E-state index < -0.39 is 17.6 Å². The Morgan fingerprint density at radius 1 is 1.02 bits per heavy atom. The smallest absolute Gasteiger partial charge is 0.407 e. The van der Waals surface area contributed by atoms with Crippen molar-refractivity contribution in [2.45, 2.75) is 71.8 Å². The summed E-state index contributed by atoms with van der Waals surface area (Å²) in [5, 5.41) is 12.8. The van der Waals surface area contributed by atoms with Crippen molar-refractivity contribution in [2.24, 2.45) is 17.8 Å². The summed E-state index contributed by atoms with van der Waals surface area (Å²) in [4.78, 5) is 51.2. The zero-order valence-electron chi connectivity index (χ0n) is 31.5. The molecule has 13 heteroatoms. The number of ether oxygens (including phenoxy) is 2. The number of alkyl carbamates (subject to hydrolysis) is 1. The van der Waals surface area contributed by atoms with E-state index in [4.69, 9.17) is 26.1 Å². The number of rotatable bonds is 12. The maximum absolute atomic E-state index is 14.0. The standard InChI is InChI=1S/C41H50ClN7O5/c1-26-20-36(49-16-18-53-19-17-49)43-25-34(26)31-7-5-6-28(21-31)22-32(38(51)45-33-14-12-30(13-15-33)37-46-39(42)48-47-37)23-35(50)29-10-8-27(9-11-29)24-44-40(52)54-41(2,3)4/h5-7,12-15,20-21,25,27,29,32H,8-11,16-19,22-24H2,1-4H3,(H,44,52)(H,45,51)(H,46,47,48)/t27?,29?,32-/m1/s1. The molecule has 3 N–H and O–H groups in total. The second kappa shape index (κ2) is 17.6. The van der Waals surface area contributed by atoms with Crippen LogP contribution in [0.3, 0.4) is 0 Å². The number of H-pyrrole nitrogens is 1. The Balaban J connectivity index is 1.14. The number of anilines is 2. The van der Waals surface area contributed by atoms with Crippen LogP contribution in [0.5, 0.6) is 0 Å². The second-order valence-corrected chi connectivity index (χ2v) is 15.7. The Hall–Kier alpha value is -4.81. The summed E-state index contributed by atoms with van der Waals surface area (Å²) >= 11 is 5.91. The molecule has 54 heavy (non-hydrogen) atoms. The van der Waals surface area contributed by atoms with E-state index in [1.807, 2.05) is 51.2 Å². The van der Waals surface area contributed by atoms with Crippen LogP contribution in [0.4, 0.5) is 16.3 Å². The lowest BCUT2D eigenvalue weighted by Crippen LogP contribution is -2.37. The first-order chi connectivity index (χ1) is 25.9. The number of Topliss-reactive ketones (excluding diaryl/α,β-unsaturated/α-hetero) is 1. The second-order valence-electron chi connectivity index (χ2n) is 15.3. The summed E-state index contributed by atoms with van der Waals surface area (Å²) in [6.07, 6.45) is 5.12. The monoisotopic (exact) mass is 755 g/mol. The highest BCUT2D eigenvalue weighted by atomic mass is 35.5. The van der Waals surface area contributed by atoms with Crippen molar-refractivity contribution in [3.8, 4) is 22.5 Å². The lowest BCUT2D eigenvalue weighted by Gasteiger charge is -2.29. The van der Waals surface area contributed by atoms with Gasteiger partial charge >= 0.3 is 6.09 Å². The van der Waals surface area contributed by atoms with Crippen LogP contribution < -0.4 is 15.5 Å². The Labute approximate surface area is 321 Å². The molecule has 2 aromatic carbocycles. The predicted octanol–water partition coefficient (Wildman–Crippen LogP) is 7.42. The molecule has 1 saturated carbocycles. The number of carbonyl (C=O) groups excluding carboxylic acids is 3. The fourth-order valence-corrected chi connectivity index (χ4v) is 7.30. The van der Waals surface area contributed by atoms with Crippen molar-refractivity contribution in [3.63, 3.8) is 0 Å². The number of aryl methyl sites for hydroxylation is 1. The van der Waals surface area contributed by atoms with Crippen LogP contribution in [-0.2, 0) is 25.5 Å². The van der Waals surface area contributed by atoms with Gasteiger partial charge in [-0.05, 0) is 124 Å². The van der Waals surface area contributed by atoms with Crippen LogP contribution in [0.25, 0.3) is 22.5 Å². The third-order valence-corrected chi connectivity index (χ3v) is 10.2. The first-order valence-corrected chi connectivity index (χ1v) is 19.2. The third-order valence-electron chi connectivity index (χ3n) is 10.1. The Bertz CT molecular complexity index is 1910. The van der Waals surface area contributed by atoms with Gasteiger partial charge in [-0.3, -0.25) is 9.59 Å². The third kappa shape index (κ3) is 10.7. The molecular formula is C41H50ClN7O5. The van der Waals surface area contributed by atoms with Gasteiger partial charge in [0.1, 0.15) is 17.2 Å². The van der Waals surface area contributed by atoms with Crippen molar-refractivity contribution in [3.05, 3.63) is 77.2 Å². The molecule has 0 radical (unpaired) electrons. The van der Waals surface area contributed by atoms with Crippen LogP contribution in [0.1, 0.15) is 64.0 Å². The van der Waals surface area contributed by atoms with Gasteiger partial charge in [-0.25, -0.2) is 14.9 Å².